The van der Waals surface area contributed by atoms with Crippen LogP contribution in [0.2, 0.25) is 0 Å². The van der Waals surface area contributed by atoms with Crippen LogP contribution in [0, 0.1) is 40.4 Å². The largest absolute Gasteiger partial charge is 0.463 e. The van der Waals surface area contributed by atoms with E-state index in [1.54, 1.807) is 0 Å². The monoisotopic (exact) mass is 434 g/mol. The number of esters is 2. The van der Waals surface area contributed by atoms with Crippen LogP contribution in [0.5, 0.6) is 0 Å². The van der Waals surface area contributed by atoms with E-state index in [0.29, 0.717) is 24.2 Å². The molecule has 0 saturated heterocycles. The van der Waals surface area contributed by atoms with Gasteiger partial charge in [-0.25, -0.2) is 0 Å². The molecule has 0 bridgehead atoms. The highest BCUT2D eigenvalue weighted by molar-refractivity contribution is 5.83. The van der Waals surface area contributed by atoms with Gasteiger partial charge in [-0.3, -0.25) is 14.4 Å². The molecule has 4 aliphatic carbocycles. The molecule has 0 radical (unpaired) electrons. The van der Waals surface area contributed by atoms with Crippen molar-refractivity contribution in [2.45, 2.75) is 91.3 Å². The molecule has 4 rings (SSSR count). The third-order valence-corrected chi connectivity index (χ3v) is 9.72. The minimum Gasteiger partial charge on any atom is -0.463 e. The zero-order valence-electron chi connectivity index (χ0n) is 19.4. The summed E-state index contributed by atoms with van der Waals surface area (Å²) in [4.78, 5) is 36.2. The van der Waals surface area contributed by atoms with Crippen LogP contribution in [-0.2, 0) is 23.9 Å². The summed E-state index contributed by atoms with van der Waals surface area (Å²) in [6.45, 7) is 7.11. The second-order valence-electron chi connectivity index (χ2n) is 11.2. The van der Waals surface area contributed by atoms with Gasteiger partial charge in [-0.1, -0.05) is 13.8 Å². The summed E-state index contributed by atoms with van der Waals surface area (Å²) in [6, 6.07) is 0. The average Bonchev–Trinajstić information content (AvgIpc) is 3.03. The van der Waals surface area contributed by atoms with E-state index in [2.05, 4.69) is 13.8 Å². The SMILES string of the molecule is CC(=O)O[C@H]1CC[C@@]2(C)[C@H](CC[C@@H]3[C@@H]2[C@H](OC(C)=O)C[C@]2(C)[C@@H](C(=O)CO)CC[C@@H]32)C1. The molecule has 4 fully saturated rings. The lowest BCUT2D eigenvalue weighted by molar-refractivity contribution is -0.200. The third-order valence-electron chi connectivity index (χ3n) is 9.72. The molecule has 9 atom stereocenters. The first-order valence-electron chi connectivity index (χ1n) is 12.1. The summed E-state index contributed by atoms with van der Waals surface area (Å²) in [5.41, 5.74) is -0.181. The van der Waals surface area contributed by atoms with Crippen LogP contribution in [0.3, 0.4) is 0 Å². The maximum Gasteiger partial charge on any atom is 0.302 e. The van der Waals surface area contributed by atoms with Crippen molar-refractivity contribution in [3.63, 3.8) is 0 Å². The lowest BCUT2D eigenvalue weighted by atomic mass is 9.43. The van der Waals surface area contributed by atoms with Gasteiger partial charge in [0.05, 0.1) is 0 Å². The number of carbonyl (C=O) groups is 3. The first kappa shape index (κ1) is 22.8. The molecule has 4 saturated carbocycles. The molecule has 31 heavy (non-hydrogen) atoms. The molecule has 0 spiro atoms. The van der Waals surface area contributed by atoms with Crippen molar-refractivity contribution in [1.82, 2.24) is 0 Å². The van der Waals surface area contributed by atoms with Gasteiger partial charge in [0.25, 0.3) is 0 Å². The Morgan fingerprint density at radius 3 is 2.29 bits per heavy atom. The maximum atomic E-state index is 12.6. The summed E-state index contributed by atoms with van der Waals surface area (Å²) >= 11 is 0. The Bertz CT molecular complexity index is 748. The minimum atomic E-state index is -0.406. The Morgan fingerprint density at radius 2 is 1.65 bits per heavy atom. The van der Waals surface area contributed by atoms with Crippen molar-refractivity contribution in [2.75, 3.05) is 6.61 Å². The Hall–Kier alpha value is -1.43. The number of hydrogen-bond acceptors (Lipinski definition) is 6. The van der Waals surface area contributed by atoms with Crippen LogP contribution < -0.4 is 0 Å². The molecular weight excluding hydrogens is 396 g/mol. The van der Waals surface area contributed by atoms with E-state index < -0.39 is 6.61 Å². The van der Waals surface area contributed by atoms with Gasteiger partial charge in [-0.2, -0.15) is 0 Å². The summed E-state index contributed by atoms with van der Waals surface area (Å²) < 4.78 is 11.6. The molecule has 0 aromatic heterocycles. The van der Waals surface area contributed by atoms with Crippen LogP contribution in [0.15, 0.2) is 0 Å². The molecule has 6 heteroatoms. The van der Waals surface area contributed by atoms with Crippen molar-refractivity contribution < 1.29 is 29.0 Å². The standard InChI is InChI=1S/C25H38O6/c1-14(27)30-17-9-10-24(3)16(11-17)5-6-18-19-7-8-20(21(29)13-26)25(19,4)12-22(23(18)24)31-15(2)28/h16-20,22-23,26H,5-13H2,1-4H3/t16-,17+,18+,19+,20-,22-,23-,24+,25+/m1/s1. The van der Waals surface area contributed by atoms with Crippen LogP contribution in [-0.4, -0.2) is 41.6 Å². The summed E-state index contributed by atoms with van der Waals surface area (Å²) in [6.07, 6.45) is 7.20. The van der Waals surface area contributed by atoms with E-state index in [9.17, 15) is 19.5 Å². The molecule has 0 aromatic rings. The van der Waals surface area contributed by atoms with Gasteiger partial charge in [0.15, 0.2) is 5.78 Å². The van der Waals surface area contributed by atoms with Gasteiger partial charge in [0.2, 0.25) is 0 Å². The normalized spacial score (nSPS) is 46.3. The lowest BCUT2D eigenvalue weighted by Gasteiger charge is -2.62. The van der Waals surface area contributed by atoms with E-state index >= 15 is 0 Å². The highest BCUT2D eigenvalue weighted by atomic mass is 16.5. The molecule has 0 amide bonds. The molecule has 0 aromatic carbocycles. The highest BCUT2D eigenvalue weighted by Crippen LogP contribution is 2.68. The number of hydrogen-bond donors (Lipinski definition) is 1. The van der Waals surface area contributed by atoms with E-state index in [-0.39, 0.29) is 52.6 Å². The number of ketones is 1. The summed E-state index contributed by atoms with van der Waals surface area (Å²) in [5, 5.41) is 9.56. The van der Waals surface area contributed by atoms with Crippen molar-refractivity contribution in [2.24, 2.45) is 40.4 Å². The number of aliphatic hydroxyl groups is 1. The first-order valence-corrected chi connectivity index (χ1v) is 12.1. The number of fused-ring (bicyclic) bond motifs is 5. The zero-order valence-corrected chi connectivity index (χ0v) is 19.4. The van der Waals surface area contributed by atoms with Crippen LogP contribution in [0.25, 0.3) is 0 Å². The van der Waals surface area contributed by atoms with E-state index in [1.165, 1.54) is 13.8 Å². The lowest BCUT2D eigenvalue weighted by Crippen LogP contribution is -2.60. The van der Waals surface area contributed by atoms with E-state index in [4.69, 9.17) is 9.47 Å². The van der Waals surface area contributed by atoms with Gasteiger partial charge in [-0.15, -0.1) is 0 Å². The number of Topliss-reactive ketones (excluding diaryl/α,β-unsaturated/α-hetero) is 1. The predicted octanol–water partition coefficient (Wildman–Crippen LogP) is 3.68. The van der Waals surface area contributed by atoms with Gasteiger partial charge >= 0.3 is 11.9 Å². The molecule has 6 nitrogen and oxygen atoms in total. The van der Waals surface area contributed by atoms with Crippen molar-refractivity contribution in [3.05, 3.63) is 0 Å². The van der Waals surface area contributed by atoms with E-state index in [1.807, 2.05) is 0 Å². The first-order chi connectivity index (χ1) is 14.6. The molecule has 0 aliphatic heterocycles. The summed E-state index contributed by atoms with van der Waals surface area (Å²) in [5.74, 6) is 0.894. The van der Waals surface area contributed by atoms with Crippen LogP contribution in [0.1, 0.15) is 79.1 Å². The van der Waals surface area contributed by atoms with Crippen LogP contribution in [0.4, 0.5) is 0 Å². The Labute approximate surface area is 185 Å². The van der Waals surface area contributed by atoms with Crippen LogP contribution >= 0.6 is 0 Å². The Kier molecular flexibility index (Phi) is 5.99. The molecule has 1 N–H and O–H groups in total. The number of aliphatic hydroxyl groups excluding tert-OH is 1. The van der Waals surface area contributed by atoms with Gasteiger partial charge in [-0.05, 0) is 80.0 Å². The van der Waals surface area contributed by atoms with Gasteiger partial charge < -0.3 is 14.6 Å². The molecule has 4 aliphatic rings. The fourth-order valence-electron chi connectivity index (χ4n) is 8.61. The number of carbonyl (C=O) groups excluding carboxylic acids is 3. The molecular formula is C25H38O6. The minimum absolute atomic E-state index is 0.00815. The summed E-state index contributed by atoms with van der Waals surface area (Å²) in [7, 11) is 0. The highest BCUT2D eigenvalue weighted by Gasteiger charge is 2.65. The molecule has 174 valence electrons. The fraction of sp³-hybridized carbons (Fsp3) is 0.880. The zero-order chi connectivity index (χ0) is 22.6. The molecule has 0 unspecified atom stereocenters. The van der Waals surface area contributed by atoms with E-state index in [0.717, 1.165) is 44.9 Å². The smallest absolute Gasteiger partial charge is 0.302 e. The van der Waals surface area contributed by atoms with Gasteiger partial charge in [0.1, 0.15) is 18.8 Å². The quantitative estimate of drug-likeness (QED) is 0.679. The van der Waals surface area contributed by atoms with Crippen molar-refractivity contribution in [3.8, 4) is 0 Å². The predicted molar refractivity (Wildman–Crippen MR) is 114 cm³/mol. The van der Waals surface area contributed by atoms with Gasteiger partial charge in [0, 0.05) is 25.7 Å². The average molecular weight is 435 g/mol. The fourth-order valence-corrected chi connectivity index (χ4v) is 8.61. The molecule has 0 heterocycles. The second kappa shape index (κ2) is 8.17. The number of rotatable bonds is 4. The second-order valence-corrected chi connectivity index (χ2v) is 11.2. The third kappa shape index (κ3) is 3.73. The van der Waals surface area contributed by atoms with Crippen molar-refractivity contribution >= 4 is 17.7 Å². The topological polar surface area (TPSA) is 89.9 Å². The maximum absolute atomic E-state index is 12.6. The Balaban J connectivity index is 1.65. The Morgan fingerprint density at radius 1 is 0.935 bits per heavy atom. The number of ether oxygens (including phenoxy) is 2. The van der Waals surface area contributed by atoms with Crippen molar-refractivity contribution in [1.29, 1.82) is 0 Å².